The Labute approximate surface area is 153 Å². The van der Waals surface area contributed by atoms with Crippen molar-refractivity contribution >= 4 is 29.9 Å². The fourth-order valence-electron chi connectivity index (χ4n) is 3.37. The summed E-state index contributed by atoms with van der Waals surface area (Å²) >= 11 is 0. The van der Waals surface area contributed by atoms with E-state index < -0.39 is 0 Å². The number of allylic oxidation sites excluding steroid dienone is 1. The van der Waals surface area contributed by atoms with Crippen LogP contribution in [0, 0.1) is 5.92 Å². The zero-order valence-electron chi connectivity index (χ0n) is 14.2. The van der Waals surface area contributed by atoms with E-state index >= 15 is 0 Å². The fourth-order valence-corrected chi connectivity index (χ4v) is 3.37. The molecule has 2 aliphatic rings. The monoisotopic (exact) mass is 420 g/mol. The van der Waals surface area contributed by atoms with Gasteiger partial charge < -0.3 is 15.5 Å². The number of hydrogen-bond acceptors (Lipinski definition) is 2. The Morgan fingerprint density at radius 1 is 1.32 bits per heavy atom. The van der Waals surface area contributed by atoms with Crippen molar-refractivity contribution in [1.29, 1.82) is 0 Å². The first-order valence-electron chi connectivity index (χ1n) is 8.59. The maximum atomic E-state index is 4.34. The Hall–Kier alpha value is -0.300. The first-order valence-corrected chi connectivity index (χ1v) is 8.59. The van der Waals surface area contributed by atoms with Crippen molar-refractivity contribution in [1.82, 2.24) is 15.5 Å². The Bertz CT molecular complexity index is 368. The van der Waals surface area contributed by atoms with Crippen molar-refractivity contribution in [3.8, 4) is 0 Å². The molecule has 5 heteroatoms. The third-order valence-corrected chi connectivity index (χ3v) is 4.63. The quantitative estimate of drug-likeness (QED) is 0.311. The molecule has 0 spiro atoms. The molecule has 1 aliphatic heterocycles. The molecule has 0 bridgehead atoms. The van der Waals surface area contributed by atoms with Crippen LogP contribution in [0.2, 0.25) is 0 Å². The van der Waals surface area contributed by atoms with E-state index in [0.717, 1.165) is 31.4 Å². The van der Waals surface area contributed by atoms with E-state index in [-0.39, 0.29) is 24.0 Å². The lowest BCUT2D eigenvalue weighted by Crippen LogP contribution is -2.43. The Morgan fingerprint density at radius 2 is 2.18 bits per heavy atom. The van der Waals surface area contributed by atoms with Crippen molar-refractivity contribution in [2.75, 3.05) is 40.3 Å². The highest BCUT2D eigenvalue weighted by molar-refractivity contribution is 14.0. The molecule has 2 rings (SSSR count). The van der Waals surface area contributed by atoms with Crippen LogP contribution < -0.4 is 10.6 Å². The van der Waals surface area contributed by atoms with Crippen LogP contribution in [-0.4, -0.2) is 51.1 Å². The summed E-state index contributed by atoms with van der Waals surface area (Å²) in [6, 6.07) is 0. The van der Waals surface area contributed by atoms with Crippen LogP contribution in [-0.2, 0) is 0 Å². The minimum absolute atomic E-state index is 0. The summed E-state index contributed by atoms with van der Waals surface area (Å²) in [6.07, 6.45) is 11.6. The third kappa shape index (κ3) is 7.31. The molecule has 1 aliphatic carbocycles. The number of nitrogens with zero attached hydrogens (tertiary/aromatic N) is 2. The van der Waals surface area contributed by atoms with E-state index in [0.29, 0.717) is 0 Å². The topological polar surface area (TPSA) is 39.7 Å². The Balaban J connectivity index is 0.00000242. The van der Waals surface area contributed by atoms with Crippen molar-refractivity contribution in [2.24, 2.45) is 10.9 Å². The lowest BCUT2D eigenvalue weighted by molar-refractivity contribution is 0.210. The predicted molar refractivity (Wildman–Crippen MR) is 106 cm³/mol. The normalized spacial score (nSPS) is 23.5. The largest absolute Gasteiger partial charge is 0.356 e. The second-order valence-corrected chi connectivity index (χ2v) is 6.51. The number of halogens is 1. The Morgan fingerprint density at radius 3 is 2.86 bits per heavy atom. The molecule has 2 N–H and O–H groups in total. The molecule has 1 atom stereocenters. The zero-order chi connectivity index (χ0) is 14.9. The minimum Gasteiger partial charge on any atom is -0.356 e. The van der Waals surface area contributed by atoms with Crippen LogP contribution in [0.25, 0.3) is 0 Å². The molecular formula is C17H33IN4. The van der Waals surface area contributed by atoms with Gasteiger partial charge in [0.2, 0.25) is 0 Å². The van der Waals surface area contributed by atoms with Gasteiger partial charge in [-0.1, -0.05) is 11.6 Å². The number of nitrogens with one attached hydrogen (secondary N) is 2. The first-order chi connectivity index (χ1) is 10.3. The SMILES string of the molecule is CN=C(NCCC1=CCCCC1)NCC1CCCN(C)C1.I. The van der Waals surface area contributed by atoms with Crippen LogP contribution in [0.1, 0.15) is 44.9 Å². The van der Waals surface area contributed by atoms with Gasteiger partial charge in [0, 0.05) is 26.7 Å². The second-order valence-electron chi connectivity index (χ2n) is 6.51. The second kappa shape index (κ2) is 11.3. The van der Waals surface area contributed by atoms with Crippen molar-refractivity contribution in [2.45, 2.75) is 44.9 Å². The first kappa shape index (κ1) is 19.7. The van der Waals surface area contributed by atoms with Gasteiger partial charge in [-0.3, -0.25) is 4.99 Å². The molecule has 0 radical (unpaired) electrons. The van der Waals surface area contributed by atoms with E-state index in [2.05, 4.69) is 33.6 Å². The molecule has 0 aromatic carbocycles. The molecule has 1 fully saturated rings. The highest BCUT2D eigenvalue weighted by Crippen LogP contribution is 2.19. The summed E-state index contributed by atoms with van der Waals surface area (Å²) in [5, 5.41) is 6.94. The van der Waals surface area contributed by atoms with Crippen LogP contribution >= 0.6 is 24.0 Å². The van der Waals surface area contributed by atoms with E-state index in [9.17, 15) is 0 Å². The molecule has 128 valence electrons. The predicted octanol–water partition coefficient (Wildman–Crippen LogP) is 3.00. The molecule has 1 unspecified atom stereocenters. The average molecular weight is 420 g/mol. The Kier molecular flexibility index (Phi) is 10.1. The van der Waals surface area contributed by atoms with Crippen molar-refractivity contribution in [3.05, 3.63) is 11.6 Å². The van der Waals surface area contributed by atoms with Gasteiger partial charge in [-0.2, -0.15) is 0 Å². The van der Waals surface area contributed by atoms with E-state index in [4.69, 9.17) is 0 Å². The maximum absolute atomic E-state index is 4.34. The highest BCUT2D eigenvalue weighted by atomic mass is 127. The van der Waals surface area contributed by atoms with Gasteiger partial charge in [0.15, 0.2) is 5.96 Å². The van der Waals surface area contributed by atoms with Crippen molar-refractivity contribution < 1.29 is 0 Å². The number of piperidine rings is 1. The number of likely N-dealkylation sites (tertiary alicyclic amines) is 1. The minimum atomic E-state index is 0. The summed E-state index contributed by atoms with van der Waals surface area (Å²) in [6.45, 7) is 4.48. The molecule has 0 aromatic heterocycles. The van der Waals surface area contributed by atoms with Gasteiger partial charge in [-0.25, -0.2) is 0 Å². The number of guanidine groups is 1. The standard InChI is InChI=1S/C17H32N4.HI/c1-18-17(19-11-10-15-7-4-3-5-8-15)20-13-16-9-6-12-21(2)14-16;/h7,16H,3-6,8-14H2,1-2H3,(H2,18,19,20);1H. The molecule has 4 nitrogen and oxygen atoms in total. The van der Waals surface area contributed by atoms with Gasteiger partial charge in [0.05, 0.1) is 0 Å². The zero-order valence-corrected chi connectivity index (χ0v) is 16.6. The van der Waals surface area contributed by atoms with Gasteiger partial charge in [0.1, 0.15) is 0 Å². The molecule has 1 saturated heterocycles. The van der Waals surface area contributed by atoms with Gasteiger partial charge in [-0.05, 0) is 64.5 Å². The summed E-state index contributed by atoms with van der Waals surface area (Å²) in [7, 11) is 4.08. The molecule has 1 heterocycles. The van der Waals surface area contributed by atoms with E-state index in [1.807, 2.05) is 7.05 Å². The summed E-state index contributed by atoms with van der Waals surface area (Å²) in [4.78, 5) is 6.77. The van der Waals surface area contributed by atoms with Crippen LogP contribution in [0.15, 0.2) is 16.6 Å². The lowest BCUT2D eigenvalue weighted by atomic mass is 9.97. The third-order valence-electron chi connectivity index (χ3n) is 4.63. The summed E-state index contributed by atoms with van der Waals surface area (Å²) < 4.78 is 0. The molecule has 0 saturated carbocycles. The molecule has 22 heavy (non-hydrogen) atoms. The van der Waals surface area contributed by atoms with Gasteiger partial charge >= 0.3 is 0 Å². The number of hydrogen-bond donors (Lipinski definition) is 2. The van der Waals surface area contributed by atoms with E-state index in [1.54, 1.807) is 5.57 Å². The fraction of sp³-hybridized carbons (Fsp3) is 0.824. The van der Waals surface area contributed by atoms with Gasteiger partial charge in [-0.15, -0.1) is 24.0 Å². The van der Waals surface area contributed by atoms with Crippen molar-refractivity contribution in [3.63, 3.8) is 0 Å². The van der Waals surface area contributed by atoms with Crippen LogP contribution in [0.5, 0.6) is 0 Å². The van der Waals surface area contributed by atoms with Gasteiger partial charge in [0.25, 0.3) is 0 Å². The molecule has 0 aromatic rings. The number of aliphatic imine (C=N–C) groups is 1. The van der Waals surface area contributed by atoms with Crippen LogP contribution in [0.4, 0.5) is 0 Å². The average Bonchev–Trinajstić information content (AvgIpc) is 2.52. The molecular weight excluding hydrogens is 387 g/mol. The van der Waals surface area contributed by atoms with Crippen LogP contribution in [0.3, 0.4) is 0 Å². The lowest BCUT2D eigenvalue weighted by Gasteiger charge is -2.30. The maximum Gasteiger partial charge on any atom is 0.190 e. The summed E-state index contributed by atoms with van der Waals surface area (Å²) in [5.41, 5.74) is 1.62. The van der Waals surface area contributed by atoms with E-state index in [1.165, 1.54) is 51.6 Å². The highest BCUT2D eigenvalue weighted by Gasteiger charge is 2.17. The molecule has 0 amide bonds. The number of rotatable bonds is 5. The summed E-state index contributed by atoms with van der Waals surface area (Å²) in [5.74, 6) is 1.71. The smallest absolute Gasteiger partial charge is 0.190 e.